The molecule has 3 N–H and O–H groups in total. The van der Waals surface area contributed by atoms with Gasteiger partial charge in [0.15, 0.2) is 5.82 Å². The first-order chi connectivity index (χ1) is 12.5. The largest absolute Gasteiger partial charge is 0.453 e. The maximum absolute atomic E-state index is 12.9. The minimum absolute atomic E-state index is 0.0650. The lowest BCUT2D eigenvalue weighted by Gasteiger charge is -2.07. The van der Waals surface area contributed by atoms with E-state index in [1.54, 1.807) is 4.57 Å². The first-order valence-corrected chi connectivity index (χ1v) is 8.12. The van der Waals surface area contributed by atoms with Crippen molar-refractivity contribution in [2.24, 2.45) is 5.73 Å². The number of fused-ring (bicyclic) bond motifs is 1. The zero-order valence-electron chi connectivity index (χ0n) is 14.6. The summed E-state index contributed by atoms with van der Waals surface area (Å²) in [6, 6.07) is 7.72. The summed E-state index contributed by atoms with van der Waals surface area (Å²) < 4.78 is 6.16. The maximum Gasteiger partial charge on any atom is 0.412 e. The summed E-state index contributed by atoms with van der Waals surface area (Å²) >= 11 is 0. The summed E-state index contributed by atoms with van der Waals surface area (Å²) in [6.07, 6.45) is 1.40. The van der Waals surface area contributed by atoms with Crippen LogP contribution in [-0.4, -0.2) is 45.2 Å². The van der Waals surface area contributed by atoms with E-state index in [0.29, 0.717) is 13.0 Å². The van der Waals surface area contributed by atoms with Crippen molar-refractivity contribution < 1.29 is 14.3 Å². The number of rotatable bonds is 5. The fourth-order valence-corrected chi connectivity index (χ4v) is 2.99. The lowest BCUT2D eigenvalue weighted by atomic mass is 10.1. The molecule has 3 rings (SSSR count). The number of ether oxygens (including phenoxy) is 1. The van der Waals surface area contributed by atoms with E-state index in [1.165, 1.54) is 18.1 Å². The maximum atomic E-state index is 12.9. The number of methoxy groups -OCH3 is 1. The molecule has 0 saturated heterocycles. The van der Waals surface area contributed by atoms with Crippen LogP contribution in [0.1, 0.15) is 16.1 Å². The molecule has 9 nitrogen and oxygen atoms in total. The van der Waals surface area contributed by atoms with Crippen LogP contribution in [0.5, 0.6) is 0 Å². The highest BCUT2D eigenvalue weighted by Gasteiger charge is 2.19. The minimum atomic E-state index is -0.651. The van der Waals surface area contributed by atoms with Crippen LogP contribution in [0.3, 0.4) is 0 Å². The molecule has 26 heavy (non-hydrogen) atoms. The number of para-hydroxylation sites is 1. The zero-order valence-corrected chi connectivity index (χ0v) is 14.6. The molecule has 0 unspecified atom stereocenters. The van der Waals surface area contributed by atoms with Crippen molar-refractivity contribution in [3.63, 3.8) is 0 Å². The van der Waals surface area contributed by atoms with Crippen molar-refractivity contribution in [3.05, 3.63) is 41.7 Å². The Labute approximate surface area is 149 Å². The molecule has 3 aromatic rings. The van der Waals surface area contributed by atoms with Crippen molar-refractivity contribution >= 4 is 28.7 Å². The Hall–Kier alpha value is -3.20. The number of carbonyl (C=O) groups is 2. The number of nitrogens with two attached hydrogens (primary N) is 1. The van der Waals surface area contributed by atoms with Gasteiger partial charge in [0.1, 0.15) is 6.54 Å². The van der Waals surface area contributed by atoms with Gasteiger partial charge in [0.05, 0.1) is 18.8 Å². The lowest BCUT2D eigenvalue weighted by Crippen LogP contribution is -2.21. The molecule has 9 heteroatoms. The van der Waals surface area contributed by atoms with Crippen LogP contribution < -0.4 is 11.1 Å². The number of aromatic nitrogens is 4. The second-order valence-electron chi connectivity index (χ2n) is 5.73. The topological polar surface area (TPSA) is 117 Å². The highest BCUT2D eigenvalue weighted by molar-refractivity contribution is 5.96. The first-order valence-electron chi connectivity index (χ1n) is 8.12. The molecule has 0 radical (unpaired) electrons. The molecule has 0 fully saturated rings. The van der Waals surface area contributed by atoms with Crippen LogP contribution in [0.25, 0.3) is 10.9 Å². The Morgan fingerprint density at radius 3 is 2.81 bits per heavy atom. The van der Waals surface area contributed by atoms with Gasteiger partial charge in [-0.1, -0.05) is 18.2 Å². The summed E-state index contributed by atoms with van der Waals surface area (Å²) in [5.74, 6) is 0.0322. The third-order valence-corrected chi connectivity index (χ3v) is 4.11. The molecule has 1 aromatic carbocycles. The summed E-state index contributed by atoms with van der Waals surface area (Å²) in [4.78, 5) is 25.3. The van der Waals surface area contributed by atoms with Gasteiger partial charge in [-0.05, 0) is 31.5 Å². The minimum Gasteiger partial charge on any atom is -0.453 e. The molecule has 0 bridgehead atoms. The fraction of sp³-hybridized carbons (Fsp3) is 0.294. The van der Waals surface area contributed by atoms with E-state index in [2.05, 4.69) is 20.3 Å². The predicted molar refractivity (Wildman–Crippen MR) is 96.1 cm³/mol. The quantitative estimate of drug-likeness (QED) is 0.716. The van der Waals surface area contributed by atoms with Crippen LogP contribution in [0.4, 0.5) is 10.6 Å². The summed E-state index contributed by atoms with van der Waals surface area (Å²) in [5.41, 5.74) is 8.48. The monoisotopic (exact) mass is 356 g/mol. The Morgan fingerprint density at radius 1 is 1.31 bits per heavy atom. The number of benzene rings is 1. The SMILES string of the molecule is COC(=O)Nc1cnn(CC(=O)n2c(C)c(CCN)c3ccccc32)n1. The molecule has 0 spiro atoms. The van der Waals surface area contributed by atoms with Gasteiger partial charge in [-0.3, -0.25) is 14.7 Å². The molecule has 0 aliphatic heterocycles. The third-order valence-electron chi connectivity index (χ3n) is 4.11. The fourth-order valence-electron chi connectivity index (χ4n) is 2.99. The number of hydrogen-bond acceptors (Lipinski definition) is 6. The number of anilines is 1. The standard InChI is InChI=1S/C17H20N6O3/c1-11-12(7-8-18)13-5-3-4-6-14(13)23(11)16(24)10-22-19-9-15(21-22)20-17(25)26-2/h3-6,9H,7-8,10,18H2,1-2H3,(H,20,21,25). The summed E-state index contributed by atoms with van der Waals surface area (Å²) in [7, 11) is 1.25. The van der Waals surface area contributed by atoms with Gasteiger partial charge in [-0.15, -0.1) is 5.10 Å². The highest BCUT2D eigenvalue weighted by atomic mass is 16.5. The van der Waals surface area contributed by atoms with E-state index in [1.807, 2.05) is 31.2 Å². The average Bonchev–Trinajstić information content (AvgIpc) is 3.17. The van der Waals surface area contributed by atoms with Crippen molar-refractivity contribution in [3.8, 4) is 0 Å². The van der Waals surface area contributed by atoms with E-state index in [-0.39, 0.29) is 18.3 Å². The van der Waals surface area contributed by atoms with Crippen molar-refractivity contribution in [2.45, 2.75) is 19.9 Å². The molecule has 1 amide bonds. The highest BCUT2D eigenvalue weighted by Crippen LogP contribution is 2.26. The molecule has 2 aromatic heterocycles. The molecule has 0 atom stereocenters. The molecule has 0 aliphatic carbocycles. The van der Waals surface area contributed by atoms with Gasteiger partial charge in [0, 0.05) is 11.1 Å². The van der Waals surface area contributed by atoms with Crippen LogP contribution >= 0.6 is 0 Å². The van der Waals surface area contributed by atoms with Crippen LogP contribution in [0, 0.1) is 6.92 Å². The van der Waals surface area contributed by atoms with Gasteiger partial charge in [0.2, 0.25) is 0 Å². The molecule has 136 valence electrons. The second-order valence-corrected chi connectivity index (χ2v) is 5.73. The second kappa shape index (κ2) is 7.36. The summed E-state index contributed by atoms with van der Waals surface area (Å²) in [5, 5.41) is 11.5. The van der Waals surface area contributed by atoms with E-state index in [9.17, 15) is 9.59 Å². The zero-order chi connectivity index (χ0) is 18.7. The van der Waals surface area contributed by atoms with E-state index >= 15 is 0 Å². The number of nitrogens with zero attached hydrogens (tertiary/aromatic N) is 4. The van der Waals surface area contributed by atoms with Crippen LogP contribution in [0.15, 0.2) is 30.5 Å². The number of nitrogens with one attached hydrogen (secondary N) is 1. The smallest absolute Gasteiger partial charge is 0.412 e. The molecular weight excluding hydrogens is 336 g/mol. The van der Waals surface area contributed by atoms with Crippen molar-refractivity contribution in [1.29, 1.82) is 0 Å². The number of carbonyl (C=O) groups excluding carboxylic acids is 2. The first kappa shape index (κ1) is 17.6. The van der Waals surface area contributed by atoms with E-state index in [4.69, 9.17) is 5.73 Å². The average molecular weight is 356 g/mol. The molecule has 2 heterocycles. The van der Waals surface area contributed by atoms with Gasteiger partial charge < -0.3 is 10.5 Å². The van der Waals surface area contributed by atoms with Gasteiger partial charge >= 0.3 is 6.09 Å². The van der Waals surface area contributed by atoms with E-state index in [0.717, 1.165) is 22.2 Å². The predicted octanol–water partition coefficient (Wildman–Crippen LogP) is 1.56. The summed E-state index contributed by atoms with van der Waals surface area (Å²) in [6.45, 7) is 2.35. The Morgan fingerprint density at radius 2 is 2.08 bits per heavy atom. The van der Waals surface area contributed by atoms with Crippen LogP contribution in [0.2, 0.25) is 0 Å². The van der Waals surface area contributed by atoms with Gasteiger partial charge in [-0.25, -0.2) is 4.79 Å². The Bertz CT molecular complexity index is 959. The van der Waals surface area contributed by atoms with Crippen LogP contribution in [-0.2, 0) is 17.7 Å². The van der Waals surface area contributed by atoms with Crippen molar-refractivity contribution in [2.75, 3.05) is 19.0 Å². The van der Waals surface area contributed by atoms with Crippen molar-refractivity contribution in [1.82, 2.24) is 19.6 Å². The van der Waals surface area contributed by atoms with Gasteiger partial charge in [0.25, 0.3) is 5.91 Å². The normalized spacial score (nSPS) is 10.9. The molecule has 0 aliphatic rings. The van der Waals surface area contributed by atoms with E-state index < -0.39 is 6.09 Å². The number of hydrogen-bond donors (Lipinski definition) is 2. The third kappa shape index (κ3) is 3.29. The Balaban J connectivity index is 1.89. The van der Waals surface area contributed by atoms with Gasteiger partial charge in [-0.2, -0.15) is 9.90 Å². The lowest BCUT2D eigenvalue weighted by molar-refractivity contribution is 0.0884. The Kier molecular flexibility index (Phi) is 4.99. The number of amides is 1. The molecular formula is C17H20N6O3. The molecule has 0 saturated carbocycles.